The number of aliphatic hydroxyl groups is 1. The number of nitrogens with one attached hydrogen (secondary N) is 1. The minimum Gasteiger partial charge on any atom is -0.378 e. The van der Waals surface area contributed by atoms with Crippen molar-refractivity contribution in [2.45, 2.75) is 19.1 Å². The second kappa shape index (κ2) is 6.01. The minimum absolute atomic E-state index is 0.142. The second-order valence-electron chi connectivity index (χ2n) is 4.75. The summed E-state index contributed by atoms with van der Waals surface area (Å²) in [4.78, 5) is 11.9. The molecule has 2 unspecified atom stereocenters. The van der Waals surface area contributed by atoms with Crippen molar-refractivity contribution in [1.29, 1.82) is 0 Å². The van der Waals surface area contributed by atoms with E-state index in [4.69, 9.17) is 0 Å². The lowest BCUT2D eigenvalue weighted by molar-refractivity contribution is -0.130. The van der Waals surface area contributed by atoms with Crippen molar-refractivity contribution in [3.8, 4) is 0 Å². The molecule has 0 saturated carbocycles. The quantitative estimate of drug-likeness (QED) is 0.900. The predicted octanol–water partition coefficient (Wildman–Crippen LogP) is 1.61. The third-order valence-electron chi connectivity index (χ3n) is 3.08. The second-order valence-corrected chi connectivity index (χ2v) is 4.75. The van der Waals surface area contributed by atoms with Gasteiger partial charge in [0.2, 0.25) is 0 Å². The van der Waals surface area contributed by atoms with Gasteiger partial charge in [0.05, 0.1) is 12.2 Å². The molecule has 0 aliphatic carbocycles. The van der Waals surface area contributed by atoms with Gasteiger partial charge in [0.25, 0.3) is 5.91 Å². The Morgan fingerprint density at radius 3 is 2.71 bits per heavy atom. The maximum atomic E-state index is 13.6. The van der Waals surface area contributed by atoms with E-state index >= 15 is 0 Å². The first-order chi connectivity index (χ1) is 9.88. The lowest BCUT2D eigenvalue weighted by atomic mass is 10.1. The lowest BCUT2D eigenvalue weighted by Gasteiger charge is -2.17. The molecule has 5 nitrogen and oxygen atoms in total. The van der Waals surface area contributed by atoms with E-state index in [1.165, 1.54) is 23.1 Å². The number of aliphatic hydroxyl groups excluding tert-OH is 1. The Kier molecular flexibility index (Phi) is 4.32. The Balaban J connectivity index is 2.08. The number of nitrogens with zero attached hydrogens (tertiary/aromatic N) is 2. The van der Waals surface area contributed by atoms with Crippen molar-refractivity contribution in [2.75, 3.05) is 0 Å². The normalized spacial score (nSPS) is 13.8. The van der Waals surface area contributed by atoms with Crippen LogP contribution in [0.5, 0.6) is 0 Å². The number of benzene rings is 1. The van der Waals surface area contributed by atoms with Gasteiger partial charge >= 0.3 is 0 Å². The van der Waals surface area contributed by atoms with Gasteiger partial charge in [-0.2, -0.15) is 5.10 Å². The molecule has 0 radical (unpaired) electrons. The summed E-state index contributed by atoms with van der Waals surface area (Å²) in [7, 11) is 1.66. The molecule has 112 valence electrons. The summed E-state index contributed by atoms with van der Waals surface area (Å²) in [5, 5.41) is 16.2. The van der Waals surface area contributed by atoms with Crippen LogP contribution in [0.4, 0.5) is 8.78 Å². The highest BCUT2D eigenvalue weighted by Gasteiger charge is 2.22. The van der Waals surface area contributed by atoms with E-state index < -0.39 is 29.7 Å². The van der Waals surface area contributed by atoms with Gasteiger partial charge in [0, 0.05) is 30.4 Å². The largest absolute Gasteiger partial charge is 0.378 e. The van der Waals surface area contributed by atoms with Gasteiger partial charge in [-0.15, -0.1) is 0 Å². The fourth-order valence-electron chi connectivity index (χ4n) is 1.96. The molecule has 2 atom stereocenters. The Hall–Kier alpha value is -2.28. The van der Waals surface area contributed by atoms with E-state index in [1.807, 2.05) is 0 Å². The average molecular weight is 295 g/mol. The predicted molar refractivity (Wildman–Crippen MR) is 71.1 cm³/mol. The fourth-order valence-corrected chi connectivity index (χ4v) is 1.96. The molecule has 0 bridgehead atoms. The van der Waals surface area contributed by atoms with Crippen LogP contribution < -0.4 is 5.32 Å². The summed E-state index contributed by atoms with van der Waals surface area (Å²) in [6.45, 7) is 1.55. The molecule has 7 heteroatoms. The molecule has 1 aromatic heterocycles. The molecule has 1 aromatic carbocycles. The summed E-state index contributed by atoms with van der Waals surface area (Å²) in [6.07, 6.45) is 1.48. The SMILES string of the molecule is CC(NC(=O)C(O)c1cnn(C)c1)c1ccc(F)cc1F. The van der Waals surface area contributed by atoms with Gasteiger partial charge < -0.3 is 10.4 Å². The first-order valence-corrected chi connectivity index (χ1v) is 6.30. The molecule has 2 N–H and O–H groups in total. The standard InChI is InChI=1S/C14H15F2N3O2/c1-8(11-4-3-10(15)5-12(11)16)18-14(21)13(20)9-6-17-19(2)7-9/h3-8,13,20H,1-2H3,(H,18,21). The molecule has 0 saturated heterocycles. The van der Waals surface area contributed by atoms with Crippen LogP contribution in [0.2, 0.25) is 0 Å². The third kappa shape index (κ3) is 3.43. The molecular formula is C14H15F2N3O2. The van der Waals surface area contributed by atoms with Gasteiger partial charge in [0.1, 0.15) is 11.6 Å². The first-order valence-electron chi connectivity index (χ1n) is 6.30. The van der Waals surface area contributed by atoms with Gasteiger partial charge in [-0.05, 0) is 13.0 Å². The van der Waals surface area contributed by atoms with Crippen molar-refractivity contribution in [2.24, 2.45) is 7.05 Å². The van der Waals surface area contributed by atoms with E-state index in [0.717, 1.165) is 12.1 Å². The van der Waals surface area contributed by atoms with Gasteiger partial charge in [-0.25, -0.2) is 8.78 Å². The molecule has 21 heavy (non-hydrogen) atoms. The highest BCUT2D eigenvalue weighted by Crippen LogP contribution is 2.19. The number of carbonyl (C=O) groups is 1. The van der Waals surface area contributed by atoms with Crippen LogP contribution in [0.1, 0.15) is 30.2 Å². The zero-order valence-electron chi connectivity index (χ0n) is 11.5. The number of hydrogen-bond acceptors (Lipinski definition) is 3. The number of rotatable bonds is 4. The van der Waals surface area contributed by atoms with Crippen LogP contribution in [0.3, 0.4) is 0 Å². The van der Waals surface area contributed by atoms with Crippen molar-refractivity contribution >= 4 is 5.91 Å². The maximum Gasteiger partial charge on any atom is 0.254 e. The number of aryl methyl sites for hydroxylation is 1. The number of hydrogen-bond donors (Lipinski definition) is 2. The van der Waals surface area contributed by atoms with Crippen molar-refractivity contribution in [3.63, 3.8) is 0 Å². The Labute approximate surface area is 120 Å². The molecule has 1 heterocycles. The van der Waals surface area contributed by atoms with Crippen LogP contribution in [0.25, 0.3) is 0 Å². The van der Waals surface area contributed by atoms with Crippen LogP contribution in [-0.4, -0.2) is 20.8 Å². The number of aromatic nitrogens is 2. The molecule has 2 aromatic rings. The summed E-state index contributed by atoms with van der Waals surface area (Å²) in [5.41, 5.74) is 0.477. The minimum atomic E-state index is -1.40. The van der Waals surface area contributed by atoms with Crippen molar-refractivity contribution < 1.29 is 18.7 Å². The number of halogens is 2. The maximum absolute atomic E-state index is 13.6. The van der Waals surface area contributed by atoms with Gasteiger partial charge in [-0.3, -0.25) is 9.48 Å². The smallest absolute Gasteiger partial charge is 0.254 e. The van der Waals surface area contributed by atoms with Crippen LogP contribution in [0.15, 0.2) is 30.6 Å². The zero-order valence-corrected chi connectivity index (χ0v) is 11.5. The number of amides is 1. The molecule has 1 amide bonds. The highest BCUT2D eigenvalue weighted by molar-refractivity contribution is 5.82. The first kappa shape index (κ1) is 15.1. The highest BCUT2D eigenvalue weighted by atomic mass is 19.1. The molecule has 0 aliphatic heterocycles. The van der Waals surface area contributed by atoms with Gasteiger partial charge in [-0.1, -0.05) is 6.07 Å². The summed E-state index contributed by atoms with van der Waals surface area (Å²) >= 11 is 0. The van der Waals surface area contributed by atoms with E-state index in [0.29, 0.717) is 5.56 Å². The zero-order chi connectivity index (χ0) is 15.6. The van der Waals surface area contributed by atoms with Crippen molar-refractivity contribution in [3.05, 3.63) is 53.4 Å². The number of carbonyl (C=O) groups excluding carboxylic acids is 1. The van der Waals surface area contributed by atoms with E-state index in [2.05, 4.69) is 10.4 Å². The van der Waals surface area contributed by atoms with E-state index in [1.54, 1.807) is 14.0 Å². The molecule has 2 rings (SSSR count). The molecular weight excluding hydrogens is 280 g/mol. The van der Waals surface area contributed by atoms with Crippen LogP contribution >= 0.6 is 0 Å². The van der Waals surface area contributed by atoms with Gasteiger partial charge in [0.15, 0.2) is 6.10 Å². The molecule has 0 fully saturated rings. The van der Waals surface area contributed by atoms with Crippen molar-refractivity contribution in [1.82, 2.24) is 15.1 Å². The molecule has 0 spiro atoms. The monoisotopic (exact) mass is 295 g/mol. The fraction of sp³-hybridized carbons (Fsp3) is 0.286. The summed E-state index contributed by atoms with van der Waals surface area (Å²) in [6, 6.07) is 2.41. The third-order valence-corrected chi connectivity index (χ3v) is 3.08. The summed E-state index contributed by atoms with van der Waals surface area (Å²) < 4.78 is 27.9. The summed E-state index contributed by atoms with van der Waals surface area (Å²) in [5.74, 6) is -2.12. The Morgan fingerprint density at radius 1 is 1.43 bits per heavy atom. The average Bonchev–Trinajstić information content (AvgIpc) is 2.84. The Bertz CT molecular complexity index is 657. The van der Waals surface area contributed by atoms with Crippen LogP contribution in [-0.2, 0) is 11.8 Å². The van der Waals surface area contributed by atoms with Crippen LogP contribution in [0, 0.1) is 11.6 Å². The lowest BCUT2D eigenvalue weighted by Crippen LogP contribution is -2.32. The Morgan fingerprint density at radius 2 is 2.14 bits per heavy atom. The van der Waals surface area contributed by atoms with E-state index in [-0.39, 0.29) is 5.56 Å². The molecule has 0 aliphatic rings. The van der Waals surface area contributed by atoms with E-state index in [9.17, 15) is 18.7 Å². The topological polar surface area (TPSA) is 67.2 Å².